The van der Waals surface area contributed by atoms with Crippen molar-refractivity contribution in [2.24, 2.45) is 5.41 Å². The van der Waals surface area contributed by atoms with E-state index in [9.17, 15) is 4.79 Å². The Morgan fingerprint density at radius 2 is 2.00 bits per heavy atom. The van der Waals surface area contributed by atoms with Gasteiger partial charge in [0.15, 0.2) is 0 Å². The Balaban J connectivity index is 0.00000225. The van der Waals surface area contributed by atoms with Crippen LogP contribution in [0.5, 0.6) is 0 Å². The SMILES string of the molecule is CCOC(=O)C1(CCOC)CCNCC1.Cl. The van der Waals surface area contributed by atoms with Crippen LogP contribution in [0.3, 0.4) is 0 Å². The quantitative estimate of drug-likeness (QED) is 0.750. The Bertz CT molecular complexity index is 205. The molecule has 5 heteroatoms. The molecule has 1 rings (SSSR count). The van der Waals surface area contributed by atoms with E-state index in [0.29, 0.717) is 13.2 Å². The Labute approximate surface area is 103 Å². The molecule has 0 spiro atoms. The zero-order chi connectivity index (χ0) is 11.1. The number of halogens is 1. The molecule has 0 unspecified atom stereocenters. The summed E-state index contributed by atoms with van der Waals surface area (Å²) in [5, 5.41) is 3.26. The molecule has 0 amide bonds. The fourth-order valence-electron chi connectivity index (χ4n) is 2.04. The second kappa shape index (κ2) is 7.87. The second-order valence-corrected chi connectivity index (χ2v) is 3.99. The summed E-state index contributed by atoms with van der Waals surface area (Å²) in [5.41, 5.74) is -0.308. The average molecular weight is 252 g/mol. The fraction of sp³-hybridized carbons (Fsp3) is 0.909. The first-order chi connectivity index (χ1) is 7.25. The predicted molar refractivity (Wildman–Crippen MR) is 64.9 cm³/mol. The highest BCUT2D eigenvalue weighted by atomic mass is 35.5. The summed E-state index contributed by atoms with van der Waals surface area (Å²) >= 11 is 0. The first-order valence-corrected chi connectivity index (χ1v) is 5.62. The number of nitrogens with one attached hydrogen (secondary N) is 1. The van der Waals surface area contributed by atoms with Crippen LogP contribution in [0.25, 0.3) is 0 Å². The van der Waals surface area contributed by atoms with Crippen LogP contribution in [0.15, 0.2) is 0 Å². The molecule has 1 aliphatic rings. The van der Waals surface area contributed by atoms with E-state index in [-0.39, 0.29) is 23.8 Å². The van der Waals surface area contributed by atoms with Gasteiger partial charge in [0.05, 0.1) is 12.0 Å². The van der Waals surface area contributed by atoms with Crippen molar-refractivity contribution in [2.75, 3.05) is 33.4 Å². The number of hydrogen-bond donors (Lipinski definition) is 1. The summed E-state index contributed by atoms with van der Waals surface area (Å²) in [5.74, 6) is -0.0523. The number of piperidine rings is 1. The van der Waals surface area contributed by atoms with E-state index in [1.807, 2.05) is 6.92 Å². The lowest BCUT2D eigenvalue weighted by Gasteiger charge is -2.35. The van der Waals surface area contributed by atoms with E-state index in [1.54, 1.807) is 7.11 Å². The molecule has 4 nitrogen and oxygen atoms in total. The molecule has 1 fully saturated rings. The summed E-state index contributed by atoms with van der Waals surface area (Å²) in [6.07, 6.45) is 2.48. The third kappa shape index (κ3) is 3.92. The van der Waals surface area contributed by atoms with E-state index in [2.05, 4.69) is 5.32 Å². The molecule has 0 saturated carbocycles. The average Bonchev–Trinajstić information content (AvgIpc) is 2.28. The molecule has 1 heterocycles. The maximum atomic E-state index is 11.9. The Morgan fingerprint density at radius 1 is 1.38 bits per heavy atom. The van der Waals surface area contributed by atoms with Crippen LogP contribution in [0.4, 0.5) is 0 Å². The highest BCUT2D eigenvalue weighted by Gasteiger charge is 2.40. The maximum absolute atomic E-state index is 11.9. The molecule has 0 aromatic rings. The van der Waals surface area contributed by atoms with E-state index in [4.69, 9.17) is 9.47 Å². The predicted octanol–water partition coefficient (Wildman–Crippen LogP) is 1.38. The highest BCUT2D eigenvalue weighted by molar-refractivity contribution is 5.85. The van der Waals surface area contributed by atoms with Gasteiger partial charge in [-0.05, 0) is 39.3 Å². The number of hydrogen-bond acceptors (Lipinski definition) is 4. The van der Waals surface area contributed by atoms with Gasteiger partial charge in [-0.2, -0.15) is 0 Å². The van der Waals surface area contributed by atoms with Crippen molar-refractivity contribution >= 4 is 18.4 Å². The standard InChI is InChI=1S/C11H21NO3.ClH/c1-3-15-10(13)11(6-9-14-2)4-7-12-8-5-11;/h12H,3-9H2,1-2H3;1H. The largest absolute Gasteiger partial charge is 0.466 e. The minimum atomic E-state index is -0.308. The first-order valence-electron chi connectivity index (χ1n) is 5.62. The normalized spacial score (nSPS) is 18.6. The molecule has 1 N–H and O–H groups in total. The van der Waals surface area contributed by atoms with Crippen LogP contribution >= 0.6 is 12.4 Å². The van der Waals surface area contributed by atoms with Gasteiger partial charge in [0.1, 0.15) is 0 Å². The van der Waals surface area contributed by atoms with Crippen LogP contribution in [0.2, 0.25) is 0 Å². The zero-order valence-electron chi connectivity index (χ0n) is 10.1. The molecule has 16 heavy (non-hydrogen) atoms. The second-order valence-electron chi connectivity index (χ2n) is 3.99. The zero-order valence-corrected chi connectivity index (χ0v) is 10.9. The Morgan fingerprint density at radius 3 is 2.50 bits per heavy atom. The van der Waals surface area contributed by atoms with Crippen molar-refractivity contribution in [1.29, 1.82) is 0 Å². The van der Waals surface area contributed by atoms with Crippen LogP contribution < -0.4 is 5.32 Å². The first kappa shape index (κ1) is 15.7. The summed E-state index contributed by atoms with van der Waals surface area (Å²) < 4.78 is 10.2. The minimum absolute atomic E-state index is 0. The lowest BCUT2D eigenvalue weighted by atomic mass is 9.76. The van der Waals surface area contributed by atoms with Gasteiger partial charge < -0.3 is 14.8 Å². The van der Waals surface area contributed by atoms with Crippen molar-refractivity contribution in [2.45, 2.75) is 26.2 Å². The van der Waals surface area contributed by atoms with Gasteiger partial charge in [0.25, 0.3) is 0 Å². The Hall–Kier alpha value is -0.320. The monoisotopic (exact) mass is 251 g/mol. The van der Waals surface area contributed by atoms with Crippen molar-refractivity contribution in [3.63, 3.8) is 0 Å². The molecule has 0 bridgehead atoms. The number of esters is 1. The molecular weight excluding hydrogens is 230 g/mol. The number of carbonyl (C=O) groups is 1. The van der Waals surface area contributed by atoms with Gasteiger partial charge in [0, 0.05) is 13.7 Å². The fourth-order valence-corrected chi connectivity index (χ4v) is 2.04. The molecule has 0 aromatic heterocycles. The summed E-state index contributed by atoms with van der Waals surface area (Å²) in [6, 6.07) is 0. The number of methoxy groups -OCH3 is 1. The van der Waals surface area contributed by atoms with E-state index in [1.165, 1.54) is 0 Å². The van der Waals surface area contributed by atoms with Gasteiger partial charge in [-0.3, -0.25) is 4.79 Å². The van der Waals surface area contributed by atoms with Gasteiger partial charge in [0.2, 0.25) is 0 Å². The van der Waals surface area contributed by atoms with Crippen molar-refractivity contribution in [1.82, 2.24) is 5.32 Å². The third-order valence-electron chi connectivity index (χ3n) is 3.05. The van der Waals surface area contributed by atoms with Gasteiger partial charge in [-0.1, -0.05) is 0 Å². The lowest BCUT2D eigenvalue weighted by Crippen LogP contribution is -2.43. The maximum Gasteiger partial charge on any atom is 0.312 e. The van der Waals surface area contributed by atoms with Crippen LogP contribution in [-0.2, 0) is 14.3 Å². The topological polar surface area (TPSA) is 47.6 Å². The number of rotatable bonds is 5. The smallest absolute Gasteiger partial charge is 0.312 e. The molecule has 1 saturated heterocycles. The molecule has 96 valence electrons. The third-order valence-corrected chi connectivity index (χ3v) is 3.05. The number of ether oxygens (including phenoxy) is 2. The van der Waals surface area contributed by atoms with Gasteiger partial charge in [-0.15, -0.1) is 12.4 Å². The molecule has 0 radical (unpaired) electrons. The Kier molecular flexibility index (Phi) is 7.72. The van der Waals surface area contributed by atoms with E-state index < -0.39 is 0 Å². The van der Waals surface area contributed by atoms with Gasteiger partial charge >= 0.3 is 5.97 Å². The molecule has 0 aromatic carbocycles. The lowest BCUT2D eigenvalue weighted by molar-refractivity contribution is -0.158. The van der Waals surface area contributed by atoms with Crippen LogP contribution in [0, 0.1) is 5.41 Å². The molecular formula is C11H22ClNO3. The van der Waals surface area contributed by atoms with Crippen LogP contribution in [0.1, 0.15) is 26.2 Å². The summed E-state index contributed by atoms with van der Waals surface area (Å²) in [4.78, 5) is 11.9. The number of carbonyl (C=O) groups excluding carboxylic acids is 1. The van der Waals surface area contributed by atoms with E-state index >= 15 is 0 Å². The molecule has 0 aliphatic carbocycles. The van der Waals surface area contributed by atoms with Crippen molar-refractivity contribution in [3.8, 4) is 0 Å². The molecule has 0 atom stereocenters. The van der Waals surface area contributed by atoms with Crippen molar-refractivity contribution in [3.05, 3.63) is 0 Å². The van der Waals surface area contributed by atoms with E-state index in [0.717, 1.165) is 32.4 Å². The van der Waals surface area contributed by atoms with Crippen LogP contribution in [-0.4, -0.2) is 39.4 Å². The van der Waals surface area contributed by atoms with Gasteiger partial charge in [-0.25, -0.2) is 0 Å². The minimum Gasteiger partial charge on any atom is -0.466 e. The highest BCUT2D eigenvalue weighted by Crippen LogP contribution is 2.34. The summed E-state index contributed by atoms with van der Waals surface area (Å²) in [7, 11) is 1.67. The summed E-state index contributed by atoms with van der Waals surface area (Å²) in [6.45, 7) is 4.72. The van der Waals surface area contributed by atoms with Crippen molar-refractivity contribution < 1.29 is 14.3 Å². The molecule has 1 aliphatic heterocycles.